The van der Waals surface area contributed by atoms with Gasteiger partial charge in [0.15, 0.2) is 6.61 Å². The Labute approximate surface area is 176 Å². The molecule has 1 aliphatic carbocycles. The number of nitrogens with zero attached hydrogens (tertiary/aromatic N) is 6. The summed E-state index contributed by atoms with van der Waals surface area (Å²) in [7, 11) is 0. The van der Waals surface area contributed by atoms with E-state index in [4.69, 9.17) is 9.72 Å². The normalized spacial score (nSPS) is 17.6. The van der Waals surface area contributed by atoms with Crippen LogP contribution in [-0.2, 0) is 4.79 Å². The van der Waals surface area contributed by atoms with Crippen molar-refractivity contribution in [3.8, 4) is 6.01 Å². The first-order valence-electron chi connectivity index (χ1n) is 10.7. The molecule has 2 aliphatic rings. The summed E-state index contributed by atoms with van der Waals surface area (Å²) in [6, 6.07) is 4.41. The number of ether oxygens (including phenoxy) is 1. The Bertz CT molecular complexity index is 835. The van der Waals surface area contributed by atoms with Crippen molar-refractivity contribution >= 4 is 17.7 Å². The maximum Gasteiger partial charge on any atom is 0.316 e. The molecule has 0 aromatic carbocycles. The van der Waals surface area contributed by atoms with Gasteiger partial charge in [0.05, 0.1) is 0 Å². The largest absolute Gasteiger partial charge is 0.453 e. The molecule has 0 atom stereocenters. The number of hydrogen-bond acceptors (Lipinski definition) is 8. The van der Waals surface area contributed by atoms with Gasteiger partial charge < -0.3 is 19.9 Å². The molecule has 9 nitrogen and oxygen atoms in total. The summed E-state index contributed by atoms with van der Waals surface area (Å²) < 4.78 is 5.38. The van der Waals surface area contributed by atoms with E-state index in [-0.39, 0.29) is 18.5 Å². The highest BCUT2D eigenvalue weighted by Gasteiger charge is 2.23. The maximum atomic E-state index is 12.4. The van der Waals surface area contributed by atoms with Crippen molar-refractivity contribution in [1.82, 2.24) is 24.8 Å². The second kappa shape index (κ2) is 9.69. The van der Waals surface area contributed by atoms with E-state index in [0.29, 0.717) is 25.1 Å². The van der Waals surface area contributed by atoms with Gasteiger partial charge in [-0.3, -0.25) is 4.79 Å². The van der Waals surface area contributed by atoms with E-state index < -0.39 is 0 Å². The fourth-order valence-electron chi connectivity index (χ4n) is 3.97. The SMILES string of the molecule is Cc1cc(N2CCN(C(=O)COc3ncccn3)CC2)nc(NC2CCCCC2)n1. The van der Waals surface area contributed by atoms with Gasteiger partial charge in [-0.2, -0.15) is 4.98 Å². The third-order valence-electron chi connectivity index (χ3n) is 5.60. The van der Waals surface area contributed by atoms with Gasteiger partial charge in [-0.25, -0.2) is 15.0 Å². The lowest BCUT2D eigenvalue weighted by Gasteiger charge is -2.35. The number of nitrogens with one attached hydrogen (secondary N) is 1. The van der Waals surface area contributed by atoms with Gasteiger partial charge in [0.25, 0.3) is 5.91 Å². The minimum Gasteiger partial charge on any atom is -0.453 e. The fourth-order valence-corrected chi connectivity index (χ4v) is 3.97. The molecule has 2 aromatic rings. The van der Waals surface area contributed by atoms with Gasteiger partial charge in [0, 0.05) is 56.4 Å². The number of aryl methyl sites for hydroxylation is 1. The van der Waals surface area contributed by atoms with Crippen LogP contribution in [0, 0.1) is 6.92 Å². The zero-order chi connectivity index (χ0) is 20.8. The average Bonchev–Trinajstić information content (AvgIpc) is 2.78. The lowest BCUT2D eigenvalue weighted by Crippen LogP contribution is -2.50. The van der Waals surface area contributed by atoms with Crippen molar-refractivity contribution in [2.75, 3.05) is 43.0 Å². The van der Waals surface area contributed by atoms with Crippen LogP contribution in [0.4, 0.5) is 11.8 Å². The smallest absolute Gasteiger partial charge is 0.316 e. The third kappa shape index (κ3) is 5.34. The highest BCUT2D eigenvalue weighted by Crippen LogP contribution is 2.22. The highest BCUT2D eigenvalue weighted by molar-refractivity contribution is 5.78. The van der Waals surface area contributed by atoms with Crippen molar-refractivity contribution in [2.24, 2.45) is 0 Å². The number of hydrogen-bond donors (Lipinski definition) is 1. The van der Waals surface area contributed by atoms with E-state index in [1.807, 2.05) is 17.9 Å². The van der Waals surface area contributed by atoms with Gasteiger partial charge in [-0.15, -0.1) is 0 Å². The highest BCUT2D eigenvalue weighted by atomic mass is 16.5. The number of carbonyl (C=O) groups is 1. The van der Waals surface area contributed by atoms with Crippen LogP contribution in [0.2, 0.25) is 0 Å². The molecule has 0 bridgehead atoms. The minimum atomic E-state index is -0.0550. The monoisotopic (exact) mass is 411 g/mol. The lowest BCUT2D eigenvalue weighted by molar-refractivity contribution is -0.133. The van der Waals surface area contributed by atoms with E-state index in [1.54, 1.807) is 18.5 Å². The second-order valence-electron chi connectivity index (χ2n) is 7.86. The minimum absolute atomic E-state index is 0.0495. The molecule has 0 spiro atoms. The van der Waals surface area contributed by atoms with Gasteiger partial charge in [0.1, 0.15) is 5.82 Å². The van der Waals surface area contributed by atoms with Gasteiger partial charge in [-0.1, -0.05) is 19.3 Å². The first kappa shape index (κ1) is 20.3. The van der Waals surface area contributed by atoms with E-state index in [1.165, 1.54) is 32.1 Å². The molecule has 3 heterocycles. The molecule has 1 saturated heterocycles. The standard InChI is InChI=1S/C21H29N7O2/c1-16-14-18(26-20(24-16)25-17-6-3-2-4-7-17)27-10-12-28(13-11-27)19(29)15-30-21-22-8-5-9-23-21/h5,8-9,14,17H,2-4,6-7,10-13,15H2,1H3,(H,24,25,26). The maximum absolute atomic E-state index is 12.4. The first-order valence-corrected chi connectivity index (χ1v) is 10.7. The lowest BCUT2D eigenvalue weighted by atomic mass is 9.96. The van der Waals surface area contributed by atoms with Crippen LogP contribution in [-0.4, -0.2) is 69.6 Å². The van der Waals surface area contributed by atoms with Crippen LogP contribution in [0.1, 0.15) is 37.8 Å². The first-order chi connectivity index (χ1) is 14.7. The second-order valence-corrected chi connectivity index (χ2v) is 7.86. The predicted molar refractivity (Wildman–Crippen MR) is 114 cm³/mol. The van der Waals surface area contributed by atoms with Crippen LogP contribution >= 0.6 is 0 Å². The van der Waals surface area contributed by atoms with E-state index in [0.717, 1.165) is 24.6 Å². The van der Waals surface area contributed by atoms with Crippen LogP contribution in [0.25, 0.3) is 0 Å². The third-order valence-corrected chi connectivity index (χ3v) is 5.60. The Morgan fingerprint density at radius 3 is 2.57 bits per heavy atom. The van der Waals surface area contributed by atoms with Gasteiger partial charge >= 0.3 is 6.01 Å². The molecule has 1 N–H and O–H groups in total. The Kier molecular flexibility index (Phi) is 6.56. The van der Waals surface area contributed by atoms with Crippen molar-refractivity contribution < 1.29 is 9.53 Å². The fraction of sp³-hybridized carbons (Fsp3) is 0.571. The molecule has 0 radical (unpaired) electrons. The molecule has 1 saturated carbocycles. The molecule has 9 heteroatoms. The summed E-state index contributed by atoms with van der Waals surface area (Å²) in [6.07, 6.45) is 9.41. The Morgan fingerprint density at radius 2 is 1.83 bits per heavy atom. The van der Waals surface area contributed by atoms with E-state index in [9.17, 15) is 4.79 Å². The van der Waals surface area contributed by atoms with Crippen molar-refractivity contribution in [3.05, 3.63) is 30.2 Å². The molecular weight excluding hydrogens is 382 g/mol. The molecule has 4 rings (SSSR count). The van der Waals surface area contributed by atoms with Crippen molar-refractivity contribution in [3.63, 3.8) is 0 Å². The molecule has 160 valence electrons. The van der Waals surface area contributed by atoms with Gasteiger partial charge in [0.2, 0.25) is 5.95 Å². The Hall–Kier alpha value is -2.97. The number of piperazine rings is 1. The molecule has 0 unspecified atom stereocenters. The summed E-state index contributed by atoms with van der Waals surface area (Å²) in [6.45, 7) is 4.67. The zero-order valence-corrected chi connectivity index (χ0v) is 17.5. The number of anilines is 2. The summed E-state index contributed by atoms with van der Waals surface area (Å²) in [5, 5.41) is 3.52. The van der Waals surface area contributed by atoms with Crippen LogP contribution in [0.3, 0.4) is 0 Å². The summed E-state index contributed by atoms with van der Waals surface area (Å²) in [4.78, 5) is 33.7. The van der Waals surface area contributed by atoms with Crippen molar-refractivity contribution in [1.29, 1.82) is 0 Å². The van der Waals surface area contributed by atoms with Crippen molar-refractivity contribution in [2.45, 2.75) is 45.1 Å². The summed E-state index contributed by atoms with van der Waals surface area (Å²) >= 11 is 0. The van der Waals surface area contributed by atoms with Crippen LogP contribution in [0.5, 0.6) is 6.01 Å². The molecular formula is C21H29N7O2. The quantitative estimate of drug-likeness (QED) is 0.772. The van der Waals surface area contributed by atoms with Crippen LogP contribution < -0.4 is 15.0 Å². The molecule has 30 heavy (non-hydrogen) atoms. The topological polar surface area (TPSA) is 96.4 Å². The predicted octanol–water partition coefficient (Wildman–Crippen LogP) is 2.05. The number of carbonyl (C=O) groups excluding carboxylic acids is 1. The van der Waals surface area contributed by atoms with E-state index in [2.05, 4.69) is 25.2 Å². The number of rotatable bonds is 6. The average molecular weight is 412 g/mol. The van der Waals surface area contributed by atoms with Gasteiger partial charge in [-0.05, 0) is 25.8 Å². The van der Waals surface area contributed by atoms with E-state index >= 15 is 0 Å². The Morgan fingerprint density at radius 1 is 1.10 bits per heavy atom. The zero-order valence-electron chi connectivity index (χ0n) is 17.5. The Balaban J connectivity index is 1.30. The number of amides is 1. The summed E-state index contributed by atoms with van der Waals surface area (Å²) in [5.74, 6) is 1.58. The molecule has 2 aromatic heterocycles. The molecule has 2 fully saturated rings. The molecule has 1 amide bonds. The number of aromatic nitrogens is 4. The summed E-state index contributed by atoms with van der Waals surface area (Å²) in [5.41, 5.74) is 0.952. The van der Waals surface area contributed by atoms with Crippen LogP contribution in [0.15, 0.2) is 24.5 Å². The molecule has 1 aliphatic heterocycles.